The van der Waals surface area contributed by atoms with Crippen LogP contribution in [0.3, 0.4) is 0 Å². The number of carbonyl (C=O) groups is 1. The summed E-state index contributed by atoms with van der Waals surface area (Å²) in [7, 11) is 0. The van der Waals surface area contributed by atoms with Crippen LogP contribution in [0, 0.1) is 0 Å². The van der Waals surface area contributed by atoms with Crippen molar-refractivity contribution < 1.29 is 18.6 Å². The third-order valence-corrected chi connectivity index (χ3v) is 1.80. The zero-order valence-corrected chi connectivity index (χ0v) is 8.44. The Bertz CT molecular complexity index is 211. The molecule has 0 aromatic carbocycles. The summed E-state index contributed by atoms with van der Waals surface area (Å²) in [6, 6.07) is 0. The van der Waals surface area contributed by atoms with Crippen LogP contribution in [0.2, 0.25) is 0 Å². The largest absolute Gasteiger partial charge is 0.460 e. The molecule has 0 bridgehead atoms. The summed E-state index contributed by atoms with van der Waals surface area (Å²) >= 11 is 10.0. The van der Waals surface area contributed by atoms with Gasteiger partial charge in [0.1, 0.15) is 6.61 Å². The fourth-order valence-electron chi connectivity index (χ4n) is 0.345. The van der Waals surface area contributed by atoms with Crippen molar-refractivity contribution in [3.05, 3.63) is 12.7 Å². The second-order valence-corrected chi connectivity index (χ2v) is 5.90. The van der Waals surface area contributed by atoms with Crippen LogP contribution in [0.4, 0.5) is 0 Å². The van der Waals surface area contributed by atoms with Gasteiger partial charge < -0.3 is 9.26 Å². The Morgan fingerprint density at radius 3 is 2.50 bits per heavy atom. The molecule has 0 amide bonds. The number of rotatable bonds is 5. The number of halogens is 2. The molecule has 0 aromatic rings. The molecule has 0 aliphatic rings. The summed E-state index contributed by atoms with van der Waals surface area (Å²) in [5, 5.41) is 0. The topological polar surface area (TPSA) is 52.6 Å². The highest BCUT2D eigenvalue weighted by molar-refractivity contribution is 8.05. The third kappa shape index (κ3) is 8.08. The van der Waals surface area contributed by atoms with E-state index in [0.29, 0.717) is 0 Å². The van der Waals surface area contributed by atoms with Gasteiger partial charge in [-0.1, -0.05) is 6.58 Å². The first kappa shape index (κ1) is 12.0. The first-order valence-corrected chi connectivity index (χ1v) is 6.32. The average molecular weight is 233 g/mol. The lowest BCUT2D eigenvalue weighted by Gasteiger charge is -2.03. The fourth-order valence-corrected chi connectivity index (χ4v) is 1.05. The number of ether oxygens (including phenoxy) is 1. The Kier molecular flexibility index (Phi) is 5.59. The Labute approximate surface area is 79.5 Å². The van der Waals surface area contributed by atoms with Gasteiger partial charge in [-0.25, -0.2) is 4.79 Å². The van der Waals surface area contributed by atoms with E-state index < -0.39 is 12.0 Å². The van der Waals surface area contributed by atoms with E-state index in [4.69, 9.17) is 22.5 Å². The highest BCUT2D eigenvalue weighted by atomic mass is 35.9. The van der Waals surface area contributed by atoms with Crippen LogP contribution in [0.15, 0.2) is 12.7 Å². The molecule has 0 heterocycles. The molecular weight excluding hydrogens is 226 g/mol. The Morgan fingerprint density at radius 1 is 1.50 bits per heavy atom. The summed E-state index contributed by atoms with van der Waals surface area (Å²) in [6.07, 6.45) is -2.51. The van der Waals surface area contributed by atoms with Crippen molar-refractivity contribution in [1.29, 1.82) is 0 Å². The second-order valence-electron chi connectivity index (χ2n) is 1.62. The first-order chi connectivity index (χ1) is 5.45. The highest BCUT2D eigenvalue weighted by Gasteiger charge is 2.13. The molecule has 0 saturated heterocycles. The summed E-state index contributed by atoms with van der Waals surface area (Å²) in [6.45, 7) is 3.00. The van der Waals surface area contributed by atoms with Crippen molar-refractivity contribution in [2.24, 2.45) is 0 Å². The van der Waals surface area contributed by atoms with Crippen molar-refractivity contribution in [1.82, 2.24) is 0 Å². The molecule has 0 spiro atoms. The maximum absolute atomic E-state index is 10.5. The summed E-state index contributed by atoms with van der Waals surface area (Å²) in [5.74, 6) is -0.586. The predicted octanol–water partition coefficient (Wildman–Crippen LogP) is 2.32. The molecule has 0 N–H and O–H groups in total. The zero-order valence-electron chi connectivity index (χ0n) is 6.03. The van der Waals surface area contributed by atoms with Gasteiger partial charge in [0.25, 0.3) is 0 Å². The lowest BCUT2D eigenvalue weighted by Crippen LogP contribution is -2.06. The molecule has 4 nitrogen and oxygen atoms in total. The minimum atomic E-state index is -3.51. The SMILES string of the molecule is C=CC(=O)OCCOP(=O)(Cl)Cl. The smallest absolute Gasteiger partial charge is 0.380 e. The van der Waals surface area contributed by atoms with Crippen LogP contribution in [-0.2, 0) is 18.6 Å². The zero-order chi connectivity index (χ0) is 9.61. The number of hydrogen-bond acceptors (Lipinski definition) is 4. The molecule has 0 unspecified atom stereocenters. The lowest BCUT2D eigenvalue weighted by atomic mass is 10.6. The quantitative estimate of drug-likeness (QED) is 0.316. The van der Waals surface area contributed by atoms with Crippen LogP contribution in [0.5, 0.6) is 0 Å². The Morgan fingerprint density at radius 2 is 2.08 bits per heavy atom. The van der Waals surface area contributed by atoms with Crippen LogP contribution in [0.1, 0.15) is 0 Å². The van der Waals surface area contributed by atoms with Gasteiger partial charge >= 0.3 is 12.0 Å². The third-order valence-electron chi connectivity index (χ3n) is 0.736. The molecule has 0 radical (unpaired) electrons. The van der Waals surface area contributed by atoms with E-state index in [1.165, 1.54) is 0 Å². The van der Waals surface area contributed by atoms with Gasteiger partial charge in [0, 0.05) is 6.08 Å². The number of carbonyl (C=O) groups excluding carboxylic acids is 1. The minimum absolute atomic E-state index is 0.0612. The van der Waals surface area contributed by atoms with Gasteiger partial charge in [-0.15, -0.1) is 0 Å². The molecule has 0 aromatic heterocycles. The van der Waals surface area contributed by atoms with Crippen LogP contribution in [0.25, 0.3) is 0 Å². The van der Waals surface area contributed by atoms with E-state index >= 15 is 0 Å². The normalized spacial score (nSPS) is 10.8. The van der Waals surface area contributed by atoms with E-state index in [1.54, 1.807) is 0 Å². The van der Waals surface area contributed by atoms with Gasteiger partial charge in [-0.2, -0.15) is 0 Å². The first-order valence-electron chi connectivity index (χ1n) is 2.89. The molecule has 0 saturated carbocycles. The molecule has 0 atom stereocenters. The van der Waals surface area contributed by atoms with E-state index in [1.807, 2.05) is 0 Å². The molecule has 0 fully saturated rings. The Hall–Kier alpha value is -0.0200. The summed E-state index contributed by atoms with van der Waals surface area (Å²) in [5.41, 5.74) is 0. The molecule has 70 valence electrons. The van der Waals surface area contributed by atoms with Crippen molar-refractivity contribution in [2.75, 3.05) is 13.2 Å². The van der Waals surface area contributed by atoms with E-state index in [9.17, 15) is 9.36 Å². The van der Waals surface area contributed by atoms with Gasteiger partial charge in [0.05, 0.1) is 6.61 Å². The average Bonchev–Trinajstić information content (AvgIpc) is 1.96. The molecule has 0 aliphatic carbocycles. The molecule has 12 heavy (non-hydrogen) atoms. The van der Waals surface area contributed by atoms with Crippen molar-refractivity contribution in [2.45, 2.75) is 0 Å². The monoisotopic (exact) mass is 232 g/mol. The van der Waals surface area contributed by atoms with Crippen LogP contribution >= 0.6 is 28.6 Å². The van der Waals surface area contributed by atoms with E-state index in [2.05, 4.69) is 15.8 Å². The van der Waals surface area contributed by atoms with Gasteiger partial charge in [0.2, 0.25) is 0 Å². The summed E-state index contributed by atoms with van der Waals surface area (Å²) in [4.78, 5) is 10.4. The van der Waals surface area contributed by atoms with E-state index in [0.717, 1.165) is 6.08 Å². The van der Waals surface area contributed by atoms with Gasteiger partial charge in [-0.3, -0.25) is 4.57 Å². The molecular formula is C5H7Cl2O4P. The molecule has 7 heteroatoms. The molecule has 0 rings (SSSR count). The maximum atomic E-state index is 10.5. The van der Waals surface area contributed by atoms with Crippen molar-refractivity contribution in [3.63, 3.8) is 0 Å². The van der Waals surface area contributed by atoms with Crippen LogP contribution in [-0.4, -0.2) is 19.2 Å². The van der Waals surface area contributed by atoms with E-state index in [-0.39, 0.29) is 13.2 Å². The predicted molar refractivity (Wildman–Crippen MR) is 46.4 cm³/mol. The second kappa shape index (κ2) is 5.60. The standard InChI is InChI=1S/C5H7Cl2O4P/c1-2-5(8)10-3-4-11-12(6,7)9/h2H,1,3-4H2. The Balaban J connectivity index is 3.40. The number of esters is 1. The lowest BCUT2D eigenvalue weighted by molar-refractivity contribution is -0.138. The highest BCUT2D eigenvalue weighted by Crippen LogP contribution is 2.57. The van der Waals surface area contributed by atoms with Crippen LogP contribution < -0.4 is 0 Å². The molecule has 0 aliphatic heterocycles. The summed E-state index contributed by atoms with van der Waals surface area (Å²) < 4.78 is 19.3. The van der Waals surface area contributed by atoms with Crippen molar-refractivity contribution in [3.8, 4) is 0 Å². The van der Waals surface area contributed by atoms with Gasteiger partial charge in [0.15, 0.2) is 0 Å². The minimum Gasteiger partial charge on any atom is -0.460 e. The van der Waals surface area contributed by atoms with Crippen molar-refractivity contribution >= 4 is 34.5 Å². The number of hydrogen-bond donors (Lipinski definition) is 0. The fraction of sp³-hybridized carbons (Fsp3) is 0.400. The van der Waals surface area contributed by atoms with Gasteiger partial charge in [-0.05, 0) is 22.5 Å². The maximum Gasteiger partial charge on any atom is 0.380 e.